The molecule has 2 amide bonds. The quantitative estimate of drug-likeness (QED) is 0.165. The summed E-state index contributed by atoms with van der Waals surface area (Å²) >= 11 is 0. The molecule has 0 bridgehead atoms. The Balaban J connectivity index is 1.05. The van der Waals surface area contributed by atoms with Crippen molar-refractivity contribution in [2.75, 3.05) is 50.5 Å². The number of carbonyl (C=O) groups excluding carboxylic acids is 2. The van der Waals surface area contributed by atoms with Crippen molar-refractivity contribution in [3.8, 4) is 11.5 Å². The number of fused-ring (bicyclic) bond motifs is 1. The molecule has 1 atom stereocenters. The number of anilines is 2. The van der Waals surface area contributed by atoms with Crippen LogP contribution in [-0.2, 0) is 4.74 Å². The highest BCUT2D eigenvalue weighted by atomic mass is 16.5. The van der Waals surface area contributed by atoms with Crippen LogP contribution >= 0.6 is 0 Å². The summed E-state index contributed by atoms with van der Waals surface area (Å²) in [4.78, 5) is 25.0. The minimum atomic E-state index is -0.337. The molecule has 5 rings (SSSR count). The van der Waals surface area contributed by atoms with Gasteiger partial charge in [-0.2, -0.15) is 0 Å². The molecule has 0 saturated carbocycles. The molecule has 0 aliphatic carbocycles. The Morgan fingerprint density at radius 1 is 0.950 bits per heavy atom. The van der Waals surface area contributed by atoms with Crippen molar-refractivity contribution in [1.82, 2.24) is 10.6 Å². The fraction of sp³-hybridized carbons (Fsp3) is 0.267. The van der Waals surface area contributed by atoms with Crippen molar-refractivity contribution in [2.24, 2.45) is 0 Å². The van der Waals surface area contributed by atoms with Gasteiger partial charge in [0.05, 0.1) is 37.2 Å². The summed E-state index contributed by atoms with van der Waals surface area (Å²) in [6.45, 7) is 3.52. The van der Waals surface area contributed by atoms with Crippen molar-refractivity contribution in [2.45, 2.75) is 12.5 Å². The van der Waals surface area contributed by atoms with Gasteiger partial charge in [-0.15, -0.1) is 0 Å². The largest absolute Gasteiger partial charge is 0.493 e. The normalized spacial score (nSPS) is 14.9. The lowest BCUT2D eigenvalue weighted by atomic mass is 10.2. The third kappa shape index (κ3) is 7.10. The van der Waals surface area contributed by atoms with Crippen LogP contribution in [0.2, 0.25) is 0 Å². The molecule has 4 aromatic rings. The maximum atomic E-state index is 12.6. The number of hydrogen-bond donors (Lipinski definition) is 4. The van der Waals surface area contributed by atoms with Gasteiger partial charge >= 0.3 is 0 Å². The first-order valence-corrected chi connectivity index (χ1v) is 13.2. The number of morpholine rings is 1. The second kappa shape index (κ2) is 13.0. The number of nitrogen functional groups attached to an aromatic ring is 1. The number of amides is 2. The lowest BCUT2D eigenvalue weighted by Crippen LogP contribution is -2.39. The summed E-state index contributed by atoms with van der Waals surface area (Å²) in [6, 6.07) is 21.0. The standard InChI is InChI=1S/C30H32N4O6/c31-25-3-1-2-4-26(25)34-29(35)20-5-7-22(8-6-20)38-16-13-33-30(36)28-18-21-17-23(9-10-27(21)40-28)37-14-11-24-19-32-12-15-39-24/h1-10,17-18,24,32H,11-16,19,31H2,(H,33,36)(H,34,35). The van der Waals surface area contributed by atoms with Gasteiger partial charge in [-0.05, 0) is 60.7 Å². The van der Waals surface area contributed by atoms with E-state index in [0.717, 1.165) is 31.5 Å². The van der Waals surface area contributed by atoms with E-state index in [9.17, 15) is 9.59 Å². The Kier molecular flexibility index (Phi) is 8.79. The molecule has 1 unspecified atom stereocenters. The lowest BCUT2D eigenvalue weighted by Gasteiger charge is -2.23. The van der Waals surface area contributed by atoms with Gasteiger partial charge in [0, 0.05) is 30.5 Å². The summed E-state index contributed by atoms with van der Waals surface area (Å²) in [5, 5.41) is 9.67. The predicted octanol–water partition coefficient (Wildman–Crippen LogP) is 3.83. The number of furan rings is 1. The van der Waals surface area contributed by atoms with Gasteiger partial charge in [0.2, 0.25) is 0 Å². The summed E-state index contributed by atoms with van der Waals surface area (Å²) < 4.78 is 22.9. The molecule has 3 aromatic carbocycles. The highest BCUT2D eigenvalue weighted by Crippen LogP contribution is 2.25. The van der Waals surface area contributed by atoms with Crippen LogP contribution in [-0.4, -0.2) is 57.4 Å². The maximum absolute atomic E-state index is 12.6. The van der Waals surface area contributed by atoms with Gasteiger partial charge in [0.1, 0.15) is 23.7 Å². The molecule has 10 heteroatoms. The van der Waals surface area contributed by atoms with E-state index in [1.165, 1.54) is 0 Å². The van der Waals surface area contributed by atoms with E-state index in [2.05, 4.69) is 16.0 Å². The molecular formula is C30H32N4O6. The molecule has 1 saturated heterocycles. The molecule has 40 heavy (non-hydrogen) atoms. The van der Waals surface area contributed by atoms with Gasteiger partial charge < -0.3 is 40.3 Å². The number of hydrogen-bond acceptors (Lipinski definition) is 8. The Bertz CT molecular complexity index is 1450. The first-order valence-electron chi connectivity index (χ1n) is 13.2. The van der Waals surface area contributed by atoms with Crippen LogP contribution in [0.1, 0.15) is 27.3 Å². The Hall–Kier alpha value is -4.54. The third-order valence-corrected chi connectivity index (χ3v) is 6.41. The van der Waals surface area contributed by atoms with E-state index in [1.54, 1.807) is 60.7 Å². The Morgan fingerprint density at radius 2 is 1.75 bits per heavy atom. The third-order valence-electron chi connectivity index (χ3n) is 6.41. The number of nitrogens with one attached hydrogen (secondary N) is 3. The molecule has 1 fully saturated rings. The van der Waals surface area contributed by atoms with E-state index in [1.807, 2.05) is 12.1 Å². The van der Waals surface area contributed by atoms with Crippen LogP contribution in [0.5, 0.6) is 11.5 Å². The minimum Gasteiger partial charge on any atom is -0.493 e. The molecule has 10 nitrogen and oxygen atoms in total. The first-order chi connectivity index (χ1) is 19.5. The summed E-state index contributed by atoms with van der Waals surface area (Å²) in [5.74, 6) is 0.894. The van der Waals surface area contributed by atoms with E-state index in [4.69, 9.17) is 24.4 Å². The Morgan fingerprint density at radius 3 is 2.55 bits per heavy atom. The zero-order valence-electron chi connectivity index (χ0n) is 22.0. The zero-order valence-corrected chi connectivity index (χ0v) is 22.0. The molecule has 2 heterocycles. The maximum Gasteiger partial charge on any atom is 0.287 e. The molecule has 0 spiro atoms. The predicted molar refractivity (Wildman–Crippen MR) is 152 cm³/mol. The molecule has 5 N–H and O–H groups in total. The smallest absolute Gasteiger partial charge is 0.287 e. The number of para-hydroxylation sites is 2. The van der Waals surface area contributed by atoms with Crippen LogP contribution in [0.15, 0.2) is 77.2 Å². The summed E-state index contributed by atoms with van der Waals surface area (Å²) in [5.41, 5.74) is 8.00. The number of ether oxygens (including phenoxy) is 3. The SMILES string of the molecule is Nc1ccccc1NC(=O)c1ccc(OCCNC(=O)c2cc3cc(OCCC4CNCCO4)ccc3o2)cc1. The average molecular weight is 545 g/mol. The Labute approximate surface area is 231 Å². The molecule has 208 valence electrons. The van der Waals surface area contributed by atoms with E-state index in [0.29, 0.717) is 40.6 Å². The fourth-order valence-corrected chi connectivity index (χ4v) is 4.26. The van der Waals surface area contributed by atoms with Crippen molar-refractivity contribution in [3.05, 3.63) is 84.1 Å². The highest BCUT2D eigenvalue weighted by Gasteiger charge is 2.15. The minimum absolute atomic E-state index is 0.164. The molecule has 1 aromatic heterocycles. The lowest BCUT2D eigenvalue weighted by molar-refractivity contribution is 0.0159. The fourth-order valence-electron chi connectivity index (χ4n) is 4.26. The van der Waals surface area contributed by atoms with Gasteiger partial charge in [0.15, 0.2) is 5.76 Å². The zero-order chi connectivity index (χ0) is 27.7. The van der Waals surface area contributed by atoms with Crippen molar-refractivity contribution in [3.63, 3.8) is 0 Å². The molecular weight excluding hydrogens is 512 g/mol. The van der Waals surface area contributed by atoms with Crippen LogP contribution in [0.25, 0.3) is 11.0 Å². The highest BCUT2D eigenvalue weighted by molar-refractivity contribution is 6.05. The second-order valence-electron chi connectivity index (χ2n) is 9.31. The number of rotatable bonds is 11. The second-order valence-corrected chi connectivity index (χ2v) is 9.31. The van der Waals surface area contributed by atoms with Gasteiger partial charge in [-0.1, -0.05) is 12.1 Å². The van der Waals surface area contributed by atoms with Crippen molar-refractivity contribution in [1.29, 1.82) is 0 Å². The van der Waals surface area contributed by atoms with E-state index in [-0.39, 0.29) is 36.8 Å². The van der Waals surface area contributed by atoms with Crippen LogP contribution in [0.3, 0.4) is 0 Å². The average Bonchev–Trinajstić information content (AvgIpc) is 3.41. The molecule has 1 aliphatic heterocycles. The molecule has 1 aliphatic rings. The van der Waals surface area contributed by atoms with Crippen LogP contribution in [0, 0.1) is 0 Å². The number of nitrogens with two attached hydrogens (primary N) is 1. The topological polar surface area (TPSA) is 137 Å². The summed E-state index contributed by atoms with van der Waals surface area (Å²) in [6.07, 6.45) is 0.965. The van der Waals surface area contributed by atoms with Gasteiger partial charge in [-0.3, -0.25) is 9.59 Å². The number of carbonyl (C=O) groups is 2. The summed E-state index contributed by atoms with van der Waals surface area (Å²) in [7, 11) is 0. The van der Waals surface area contributed by atoms with E-state index < -0.39 is 0 Å². The van der Waals surface area contributed by atoms with Crippen molar-refractivity contribution < 1.29 is 28.2 Å². The van der Waals surface area contributed by atoms with Crippen LogP contribution < -0.4 is 31.2 Å². The monoisotopic (exact) mass is 544 g/mol. The van der Waals surface area contributed by atoms with Crippen molar-refractivity contribution >= 4 is 34.2 Å². The van der Waals surface area contributed by atoms with Gasteiger partial charge in [0.25, 0.3) is 11.8 Å². The molecule has 0 radical (unpaired) electrons. The van der Waals surface area contributed by atoms with Crippen LogP contribution in [0.4, 0.5) is 11.4 Å². The van der Waals surface area contributed by atoms with Gasteiger partial charge in [-0.25, -0.2) is 0 Å². The number of benzene rings is 3. The van der Waals surface area contributed by atoms with E-state index >= 15 is 0 Å². The first kappa shape index (κ1) is 27.0.